The van der Waals surface area contributed by atoms with E-state index in [0.29, 0.717) is 4.08 Å². The second-order valence-corrected chi connectivity index (χ2v) is 7.09. The summed E-state index contributed by atoms with van der Waals surface area (Å²) in [6.07, 6.45) is 10.4. The topological polar surface area (TPSA) is 0 Å². The molecular formula is C10H18S2. The summed E-state index contributed by atoms with van der Waals surface area (Å²) in [4.78, 5) is 0. The average molecular weight is 202 g/mol. The molecule has 0 unspecified atom stereocenters. The Labute approximate surface area is 84.3 Å². The van der Waals surface area contributed by atoms with Crippen molar-refractivity contribution in [3.8, 4) is 0 Å². The molecule has 1 spiro atoms. The fourth-order valence-corrected chi connectivity index (χ4v) is 5.66. The molecule has 0 aromatic carbocycles. The first kappa shape index (κ1) is 9.26. The molecule has 0 bridgehead atoms. The normalized spacial score (nSPS) is 30.0. The van der Waals surface area contributed by atoms with Crippen LogP contribution in [-0.2, 0) is 0 Å². The highest BCUT2D eigenvalue weighted by Crippen LogP contribution is 2.50. The van der Waals surface area contributed by atoms with E-state index in [1.807, 2.05) is 0 Å². The highest BCUT2D eigenvalue weighted by Gasteiger charge is 2.33. The molecule has 70 valence electrons. The van der Waals surface area contributed by atoms with Gasteiger partial charge >= 0.3 is 0 Å². The molecule has 2 heteroatoms. The van der Waals surface area contributed by atoms with Gasteiger partial charge in [0.15, 0.2) is 0 Å². The van der Waals surface area contributed by atoms with Gasteiger partial charge in [0.2, 0.25) is 0 Å². The van der Waals surface area contributed by atoms with Gasteiger partial charge in [-0.3, -0.25) is 0 Å². The molecule has 2 fully saturated rings. The summed E-state index contributed by atoms with van der Waals surface area (Å²) in [5, 5.41) is 0. The predicted molar refractivity (Wildman–Crippen MR) is 60.0 cm³/mol. The van der Waals surface area contributed by atoms with E-state index in [4.69, 9.17) is 0 Å². The van der Waals surface area contributed by atoms with Gasteiger partial charge in [-0.1, -0.05) is 25.7 Å². The molecule has 1 aliphatic heterocycles. The standard InChI is InChI=1S/C10H18S2/c1-2-4-7-10(6-3-1)11-8-5-9-12-10/h1-9H2. The molecule has 1 aliphatic carbocycles. The molecule has 1 saturated carbocycles. The van der Waals surface area contributed by atoms with Crippen LogP contribution < -0.4 is 0 Å². The first-order valence-corrected chi connectivity index (χ1v) is 7.16. The fraction of sp³-hybridized carbons (Fsp3) is 1.00. The lowest BCUT2D eigenvalue weighted by Crippen LogP contribution is -2.23. The van der Waals surface area contributed by atoms with Crippen LogP contribution in [0.1, 0.15) is 44.9 Å². The molecule has 2 rings (SSSR count). The second kappa shape index (κ2) is 4.28. The second-order valence-electron chi connectivity index (χ2n) is 3.88. The first-order valence-electron chi connectivity index (χ1n) is 5.19. The van der Waals surface area contributed by atoms with Crippen LogP contribution >= 0.6 is 23.5 Å². The molecule has 1 saturated heterocycles. The zero-order valence-electron chi connectivity index (χ0n) is 7.68. The maximum Gasteiger partial charge on any atom is 0.0611 e. The van der Waals surface area contributed by atoms with Crippen LogP contribution in [0.15, 0.2) is 0 Å². The summed E-state index contributed by atoms with van der Waals surface area (Å²) in [6.45, 7) is 0. The highest BCUT2D eigenvalue weighted by molar-refractivity contribution is 8.18. The number of hydrogen-bond acceptors (Lipinski definition) is 2. The van der Waals surface area contributed by atoms with Crippen molar-refractivity contribution in [3.63, 3.8) is 0 Å². The predicted octanol–water partition coefficient (Wildman–Crippen LogP) is 3.91. The summed E-state index contributed by atoms with van der Waals surface area (Å²) < 4.78 is 0.675. The SMILES string of the molecule is C1CCCC2(CC1)SCCCS2. The molecule has 0 nitrogen and oxygen atoms in total. The highest BCUT2D eigenvalue weighted by atomic mass is 32.2. The van der Waals surface area contributed by atoms with Gasteiger partial charge in [-0.2, -0.15) is 0 Å². The number of thioether (sulfide) groups is 2. The molecular weight excluding hydrogens is 184 g/mol. The van der Waals surface area contributed by atoms with Crippen molar-refractivity contribution in [2.75, 3.05) is 11.5 Å². The van der Waals surface area contributed by atoms with Crippen LogP contribution in [0, 0.1) is 0 Å². The average Bonchev–Trinajstić information content (AvgIpc) is 2.33. The molecule has 1 heterocycles. The van der Waals surface area contributed by atoms with E-state index in [9.17, 15) is 0 Å². The number of hydrogen-bond donors (Lipinski definition) is 0. The molecule has 12 heavy (non-hydrogen) atoms. The Morgan fingerprint density at radius 1 is 0.667 bits per heavy atom. The lowest BCUT2D eigenvalue weighted by Gasteiger charge is -2.35. The van der Waals surface area contributed by atoms with E-state index in [-0.39, 0.29) is 0 Å². The minimum absolute atomic E-state index is 0.675. The van der Waals surface area contributed by atoms with Crippen molar-refractivity contribution in [2.24, 2.45) is 0 Å². The molecule has 0 atom stereocenters. The van der Waals surface area contributed by atoms with Crippen LogP contribution in [0.25, 0.3) is 0 Å². The molecule has 0 aromatic heterocycles. The van der Waals surface area contributed by atoms with Gasteiger partial charge in [0.1, 0.15) is 0 Å². The van der Waals surface area contributed by atoms with Gasteiger partial charge in [-0.15, -0.1) is 23.5 Å². The van der Waals surface area contributed by atoms with Crippen LogP contribution in [0.5, 0.6) is 0 Å². The van der Waals surface area contributed by atoms with Crippen molar-refractivity contribution < 1.29 is 0 Å². The minimum Gasteiger partial charge on any atom is -0.144 e. The summed E-state index contributed by atoms with van der Waals surface area (Å²) in [7, 11) is 0. The molecule has 2 aliphatic rings. The Kier molecular flexibility index (Phi) is 3.30. The molecule has 0 aromatic rings. The van der Waals surface area contributed by atoms with Crippen molar-refractivity contribution in [1.82, 2.24) is 0 Å². The van der Waals surface area contributed by atoms with E-state index in [1.165, 1.54) is 56.5 Å². The fourth-order valence-electron chi connectivity index (χ4n) is 2.17. The van der Waals surface area contributed by atoms with Gasteiger partial charge < -0.3 is 0 Å². The zero-order valence-corrected chi connectivity index (χ0v) is 9.31. The van der Waals surface area contributed by atoms with Gasteiger partial charge in [-0.05, 0) is 30.8 Å². The monoisotopic (exact) mass is 202 g/mol. The van der Waals surface area contributed by atoms with Gasteiger partial charge in [-0.25, -0.2) is 0 Å². The number of rotatable bonds is 0. The maximum absolute atomic E-state index is 2.26. The summed E-state index contributed by atoms with van der Waals surface area (Å²) in [5.74, 6) is 2.85. The Balaban J connectivity index is 1.95. The van der Waals surface area contributed by atoms with E-state index in [2.05, 4.69) is 23.5 Å². The van der Waals surface area contributed by atoms with E-state index in [1.54, 1.807) is 0 Å². The third-order valence-corrected chi connectivity index (χ3v) is 6.45. The third kappa shape index (κ3) is 2.14. The Hall–Kier alpha value is 0.700. The van der Waals surface area contributed by atoms with Crippen LogP contribution in [0.2, 0.25) is 0 Å². The maximum atomic E-state index is 2.26. The Morgan fingerprint density at radius 3 is 1.83 bits per heavy atom. The van der Waals surface area contributed by atoms with E-state index >= 15 is 0 Å². The quantitative estimate of drug-likeness (QED) is 0.584. The van der Waals surface area contributed by atoms with Crippen LogP contribution in [-0.4, -0.2) is 15.6 Å². The Morgan fingerprint density at radius 2 is 1.25 bits per heavy atom. The zero-order chi connectivity index (χ0) is 8.28. The smallest absolute Gasteiger partial charge is 0.0611 e. The van der Waals surface area contributed by atoms with Gasteiger partial charge in [0, 0.05) is 0 Å². The largest absolute Gasteiger partial charge is 0.144 e. The summed E-state index contributed by atoms with van der Waals surface area (Å²) in [5.41, 5.74) is 0. The van der Waals surface area contributed by atoms with Gasteiger partial charge in [0.25, 0.3) is 0 Å². The van der Waals surface area contributed by atoms with Gasteiger partial charge in [0.05, 0.1) is 4.08 Å². The van der Waals surface area contributed by atoms with Crippen molar-refractivity contribution >= 4 is 23.5 Å². The summed E-state index contributed by atoms with van der Waals surface area (Å²) >= 11 is 4.53. The van der Waals surface area contributed by atoms with Crippen molar-refractivity contribution in [1.29, 1.82) is 0 Å². The third-order valence-electron chi connectivity index (χ3n) is 2.88. The minimum atomic E-state index is 0.675. The lowest BCUT2D eigenvalue weighted by molar-refractivity contribution is 0.669. The molecule has 0 N–H and O–H groups in total. The van der Waals surface area contributed by atoms with Crippen LogP contribution in [0.3, 0.4) is 0 Å². The van der Waals surface area contributed by atoms with E-state index in [0.717, 1.165) is 0 Å². The lowest BCUT2D eigenvalue weighted by atomic mass is 10.2. The van der Waals surface area contributed by atoms with Crippen molar-refractivity contribution in [3.05, 3.63) is 0 Å². The van der Waals surface area contributed by atoms with Crippen molar-refractivity contribution in [2.45, 2.75) is 49.0 Å². The van der Waals surface area contributed by atoms with E-state index < -0.39 is 0 Å². The molecule has 0 amide bonds. The van der Waals surface area contributed by atoms with Crippen LogP contribution in [0.4, 0.5) is 0 Å². The first-order chi connectivity index (χ1) is 5.91. The Bertz CT molecular complexity index is 129. The summed E-state index contributed by atoms with van der Waals surface area (Å²) in [6, 6.07) is 0. The molecule has 0 radical (unpaired) electrons.